The van der Waals surface area contributed by atoms with Crippen molar-refractivity contribution in [2.24, 2.45) is 4.99 Å². The molecule has 1 atom stereocenters. The van der Waals surface area contributed by atoms with Gasteiger partial charge in [-0.15, -0.1) is 0 Å². The largest absolute Gasteiger partial charge is 0.442 e. The minimum atomic E-state index is -4.94. The van der Waals surface area contributed by atoms with Gasteiger partial charge in [-0.2, -0.15) is 13.2 Å². The SMILES string of the molecule is Cc1cccnc1NC1(C(F)(F)F)N=C(c2ccccc2)N(C2CCCC2)C1=O. The van der Waals surface area contributed by atoms with Crippen LogP contribution in [0.15, 0.2) is 53.7 Å². The standard InChI is InChI=1S/C21H21F3N4O/c1-14-8-7-13-25-17(14)26-20(21(22,23)24)19(29)28(16-11-5-6-12-16)18(27-20)15-9-3-2-4-10-15/h2-4,7-10,13,16H,5-6,11-12H2,1H3,(H,25,26). The highest BCUT2D eigenvalue weighted by Gasteiger charge is 2.67. The second-order valence-electron chi connectivity index (χ2n) is 7.42. The second-order valence-corrected chi connectivity index (χ2v) is 7.42. The zero-order chi connectivity index (χ0) is 20.6. The van der Waals surface area contributed by atoms with Gasteiger partial charge in [-0.25, -0.2) is 9.98 Å². The van der Waals surface area contributed by atoms with Crippen LogP contribution in [-0.4, -0.2) is 39.5 Å². The van der Waals surface area contributed by atoms with Gasteiger partial charge in [0.15, 0.2) is 0 Å². The number of carbonyl (C=O) groups is 1. The number of amidine groups is 1. The first-order chi connectivity index (χ1) is 13.8. The van der Waals surface area contributed by atoms with Gasteiger partial charge in [0.05, 0.1) is 0 Å². The summed E-state index contributed by atoms with van der Waals surface area (Å²) in [4.78, 5) is 22.6. The lowest BCUT2D eigenvalue weighted by molar-refractivity contribution is -0.185. The lowest BCUT2D eigenvalue weighted by atomic mass is 10.1. The van der Waals surface area contributed by atoms with Crippen LogP contribution in [0.3, 0.4) is 0 Å². The first kappa shape index (κ1) is 19.4. The lowest BCUT2D eigenvalue weighted by Crippen LogP contribution is -2.59. The zero-order valence-electron chi connectivity index (χ0n) is 15.9. The molecular formula is C21H21F3N4O. The van der Waals surface area contributed by atoms with Gasteiger partial charge in [0, 0.05) is 17.8 Å². The number of pyridine rings is 1. The van der Waals surface area contributed by atoms with Crippen LogP contribution in [0.5, 0.6) is 0 Å². The van der Waals surface area contributed by atoms with E-state index in [2.05, 4.69) is 15.3 Å². The molecule has 0 saturated heterocycles. The van der Waals surface area contributed by atoms with Crippen molar-refractivity contribution in [2.75, 3.05) is 5.32 Å². The number of nitrogens with zero attached hydrogens (tertiary/aromatic N) is 3. The van der Waals surface area contributed by atoms with Crippen molar-refractivity contribution in [2.45, 2.75) is 50.5 Å². The summed E-state index contributed by atoms with van der Waals surface area (Å²) in [6.07, 6.45) is -0.482. The number of nitrogens with one attached hydrogen (secondary N) is 1. The van der Waals surface area contributed by atoms with Gasteiger partial charge in [0.1, 0.15) is 11.7 Å². The van der Waals surface area contributed by atoms with Crippen molar-refractivity contribution in [3.63, 3.8) is 0 Å². The van der Waals surface area contributed by atoms with E-state index in [4.69, 9.17) is 0 Å². The van der Waals surface area contributed by atoms with Crippen molar-refractivity contribution in [1.29, 1.82) is 0 Å². The Balaban J connectivity index is 1.87. The van der Waals surface area contributed by atoms with E-state index in [1.165, 1.54) is 11.1 Å². The van der Waals surface area contributed by atoms with Crippen LogP contribution in [0.1, 0.15) is 36.8 Å². The predicted molar refractivity (Wildman–Crippen MR) is 103 cm³/mol. The summed E-state index contributed by atoms with van der Waals surface area (Å²) < 4.78 is 43.2. The smallest absolute Gasteiger partial charge is 0.330 e. The van der Waals surface area contributed by atoms with Crippen molar-refractivity contribution in [1.82, 2.24) is 9.88 Å². The Labute approximate surface area is 166 Å². The topological polar surface area (TPSA) is 57.6 Å². The van der Waals surface area contributed by atoms with Gasteiger partial charge < -0.3 is 5.32 Å². The molecule has 1 saturated carbocycles. The predicted octanol–water partition coefficient (Wildman–Crippen LogP) is 4.29. The number of benzene rings is 1. The van der Waals surface area contributed by atoms with Crippen LogP contribution in [0, 0.1) is 6.92 Å². The highest BCUT2D eigenvalue weighted by molar-refractivity contribution is 6.16. The molecule has 1 fully saturated rings. The molecule has 152 valence electrons. The molecule has 0 bridgehead atoms. The van der Waals surface area contributed by atoms with Crippen LogP contribution in [0.2, 0.25) is 0 Å². The Kier molecular flexibility index (Phi) is 4.80. The lowest BCUT2D eigenvalue weighted by Gasteiger charge is -2.32. The number of aliphatic imine (C=N–C) groups is 1. The fourth-order valence-electron chi connectivity index (χ4n) is 3.95. The molecule has 1 aromatic carbocycles. The summed E-state index contributed by atoms with van der Waals surface area (Å²) in [6, 6.07) is 11.5. The molecule has 0 radical (unpaired) electrons. The molecule has 1 N–H and O–H groups in total. The van der Waals surface area contributed by atoms with E-state index in [0.717, 1.165) is 12.8 Å². The van der Waals surface area contributed by atoms with Gasteiger partial charge in [0.25, 0.3) is 5.91 Å². The first-order valence-electron chi connectivity index (χ1n) is 9.59. The summed E-state index contributed by atoms with van der Waals surface area (Å²) in [6.45, 7) is 1.63. The first-order valence-corrected chi connectivity index (χ1v) is 9.59. The number of aromatic nitrogens is 1. The van der Waals surface area contributed by atoms with Gasteiger partial charge in [0.2, 0.25) is 0 Å². The van der Waals surface area contributed by atoms with E-state index in [-0.39, 0.29) is 17.7 Å². The summed E-state index contributed by atoms with van der Waals surface area (Å²) in [5, 5.41) is 2.35. The van der Waals surface area contributed by atoms with Crippen molar-refractivity contribution < 1.29 is 18.0 Å². The maximum atomic E-state index is 14.4. The Morgan fingerprint density at radius 1 is 1.10 bits per heavy atom. The molecule has 1 unspecified atom stereocenters. The number of hydrogen-bond acceptors (Lipinski definition) is 4. The fourth-order valence-corrected chi connectivity index (χ4v) is 3.95. The molecule has 1 aromatic heterocycles. The normalized spacial score (nSPS) is 22.8. The third-order valence-corrected chi connectivity index (χ3v) is 5.47. The maximum Gasteiger partial charge on any atom is 0.442 e. The molecule has 5 nitrogen and oxygen atoms in total. The zero-order valence-corrected chi connectivity index (χ0v) is 15.9. The minimum absolute atomic E-state index is 0.0115. The van der Waals surface area contributed by atoms with Crippen LogP contribution in [-0.2, 0) is 4.79 Å². The van der Waals surface area contributed by atoms with Gasteiger partial charge >= 0.3 is 11.8 Å². The van der Waals surface area contributed by atoms with Gasteiger partial charge in [-0.3, -0.25) is 9.69 Å². The average molecular weight is 402 g/mol. The third-order valence-electron chi connectivity index (χ3n) is 5.47. The molecule has 1 aliphatic heterocycles. The Morgan fingerprint density at radius 2 is 1.79 bits per heavy atom. The van der Waals surface area contributed by atoms with E-state index in [9.17, 15) is 18.0 Å². The van der Waals surface area contributed by atoms with E-state index < -0.39 is 17.7 Å². The number of alkyl halides is 3. The van der Waals surface area contributed by atoms with E-state index in [1.54, 1.807) is 49.4 Å². The molecule has 2 heterocycles. The Bertz CT molecular complexity index is 938. The second kappa shape index (κ2) is 7.17. The van der Waals surface area contributed by atoms with E-state index in [1.807, 2.05) is 0 Å². The maximum absolute atomic E-state index is 14.4. The molecule has 2 aliphatic rings. The average Bonchev–Trinajstić information content (AvgIpc) is 3.31. The minimum Gasteiger partial charge on any atom is -0.330 e. The molecule has 1 amide bonds. The van der Waals surface area contributed by atoms with Crippen LogP contribution in [0.25, 0.3) is 0 Å². The molecule has 1 aliphatic carbocycles. The van der Waals surface area contributed by atoms with Crippen molar-refractivity contribution in [3.8, 4) is 0 Å². The third kappa shape index (κ3) is 3.26. The van der Waals surface area contributed by atoms with E-state index >= 15 is 0 Å². The summed E-state index contributed by atoms with van der Waals surface area (Å²) in [5.74, 6) is -1.05. The monoisotopic (exact) mass is 402 g/mol. The van der Waals surface area contributed by atoms with Gasteiger partial charge in [-0.1, -0.05) is 49.2 Å². The number of carbonyl (C=O) groups excluding carboxylic acids is 1. The number of aryl methyl sites for hydroxylation is 1. The number of anilines is 1. The molecule has 4 rings (SSSR count). The summed E-state index contributed by atoms with van der Waals surface area (Å²) in [5.41, 5.74) is -2.11. The van der Waals surface area contributed by atoms with E-state index in [0.29, 0.717) is 24.0 Å². The van der Waals surface area contributed by atoms with Crippen molar-refractivity contribution >= 4 is 17.6 Å². The molecular weight excluding hydrogens is 381 g/mol. The molecule has 8 heteroatoms. The summed E-state index contributed by atoms with van der Waals surface area (Å²) >= 11 is 0. The van der Waals surface area contributed by atoms with Gasteiger partial charge in [-0.05, 0) is 31.4 Å². The highest BCUT2D eigenvalue weighted by atomic mass is 19.4. The molecule has 29 heavy (non-hydrogen) atoms. The summed E-state index contributed by atoms with van der Waals surface area (Å²) in [7, 11) is 0. The fraction of sp³-hybridized carbons (Fsp3) is 0.381. The Morgan fingerprint density at radius 3 is 2.41 bits per heavy atom. The van der Waals surface area contributed by atoms with Crippen LogP contribution >= 0.6 is 0 Å². The number of amides is 1. The number of hydrogen-bond donors (Lipinski definition) is 1. The van der Waals surface area contributed by atoms with Crippen molar-refractivity contribution in [3.05, 3.63) is 59.8 Å². The molecule has 0 spiro atoms. The Hall–Kier alpha value is -2.90. The highest BCUT2D eigenvalue weighted by Crippen LogP contribution is 2.43. The number of rotatable bonds is 4. The quantitative estimate of drug-likeness (QED) is 0.830. The number of halogens is 3. The molecule has 2 aromatic rings. The van der Waals surface area contributed by atoms with Crippen LogP contribution in [0.4, 0.5) is 19.0 Å². The van der Waals surface area contributed by atoms with Crippen LogP contribution < -0.4 is 5.32 Å².